The second kappa shape index (κ2) is 5.20. The van der Waals surface area contributed by atoms with Crippen LogP contribution in [0.25, 0.3) is 33.3 Å². The van der Waals surface area contributed by atoms with E-state index in [4.69, 9.17) is 4.42 Å². The molecule has 0 unspecified atom stereocenters. The third-order valence-electron chi connectivity index (χ3n) is 4.22. The zero-order valence-electron chi connectivity index (χ0n) is 13.5. The molecule has 23 heavy (non-hydrogen) atoms. The highest BCUT2D eigenvalue weighted by Crippen LogP contribution is 2.36. The van der Waals surface area contributed by atoms with E-state index < -0.39 is 0 Å². The summed E-state index contributed by atoms with van der Waals surface area (Å²) in [6.45, 7) is 6.43. The average Bonchev–Trinajstić information content (AvgIpc) is 2.93. The Kier molecular flexibility index (Phi) is 3.15. The number of para-hydroxylation sites is 1. The third-order valence-corrected chi connectivity index (χ3v) is 4.22. The number of rotatable bonds is 2. The molecule has 3 heterocycles. The summed E-state index contributed by atoms with van der Waals surface area (Å²) in [7, 11) is 0. The summed E-state index contributed by atoms with van der Waals surface area (Å²) in [5.41, 5.74) is 6.96. The number of furan rings is 1. The first-order chi connectivity index (χ1) is 11.1. The van der Waals surface area contributed by atoms with Crippen molar-refractivity contribution in [2.75, 3.05) is 0 Å². The minimum Gasteiger partial charge on any atom is -0.453 e. The van der Waals surface area contributed by atoms with Crippen LogP contribution in [0.1, 0.15) is 30.9 Å². The molecule has 0 fully saturated rings. The Bertz CT molecular complexity index is 1010. The summed E-state index contributed by atoms with van der Waals surface area (Å²) in [6, 6.07) is 12.3. The van der Waals surface area contributed by atoms with E-state index in [0.717, 1.165) is 33.3 Å². The molecule has 0 aliphatic heterocycles. The fourth-order valence-electron chi connectivity index (χ4n) is 3.04. The molecule has 0 spiro atoms. The molecule has 0 saturated heterocycles. The van der Waals surface area contributed by atoms with Gasteiger partial charge in [0.25, 0.3) is 0 Å². The van der Waals surface area contributed by atoms with Crippen LogP contribution in [0, 0.1) is 6.92 Å². The Hall–Kier alpha value is -2.68. The number of nitrogens with zero attached hydrogens (tertiary/aromatic N) is 2. The Morgan fingerprint density at radius 1 is 0.957 bits per heavy atom. The number of hydrogen-bond donors (Lipinski definition) is 0. The maximum atomic E-state index is 6.27. The highest BCUT2D eigenvalue weighted by molar-refractivity contribution is 6.07. The third kappa shape index (κ3) is 2.20. The monoisotopic (exact) mass is 302 g/mol. The van der Waals surface area contributed by atoms with Crippen LogP contribution in [-0.2, 0) is 0 Å². The Morgan fingerprint density at radius 3 is 2.57 bits per heavy atom. The van der Waals surface area contributed by atoms with Gasteiger partial charge in [-0.2, -0.15) is 0 Å². The Morgan fingerprint density at radius 2 is 1.78 bits per heavy atom. The summed E-state index contributed by atoms with van der Waals surface area (Å²) in [6.07, 6.45) is 3.66. The average molecular weight is 302 g/mol. The van der Waals surface area contributed by atoms with Crippen LogP contribution in [0.4, 0.5) is 0 Å². The molecule has 4 rings (SSSR count). The fourth-order valence-corrected chi connectivity index (χ4v) is 3.04. The van der Waals surface area contributed by atoms with Crippen LogP contribution < -0.4 is 0 Å². The lowest BCUT2D eigenvalue weighted by Crippen LogP contribution is -1.86. The van der Waals surface area contributed by atoms with Gasteiger partial charge in [-0.05, 0) is 48.2 Å². The van der Waals surface area contributed by atoms with Crippen molar-refractivity contribution in [1.29, 1.82) is 0 Å². The van der Waals surface area contributed by atoms with Gasteiger partial charge in [-0.3, -0.25) is 9.97 Å². The summed E-state index contributed by atoms with van der Waals surface area (Å²) in [5, 5.41) is 1.07. The number of benzene rings is 1. The van der Waals surface area contributed by atoms with Crippen LogP contribution in [0.2, 0.25) is 0 Å². The van der Waals surface area contributed by atoms with Gasteiger partial charge in [-0.1, -0.05) is 26.0 Å². The van der Waals surface area contributed by atoms with Crippen LogP contribution >= 0.6 is 0 Å². The van der Waals surface area contributed by atoms with Crippen molar-refractivity contribution in [1.82, 2.24) is 9.97 Å². The molecule has 0 amide bonds. The first-order valence-corrected chi connectivity index (χ1v) is 7.88. The predicted octanol–water partition coefficient (Wildman–Crippen LogP) is 5.47. The second-order valence-corrected chi connectivity index (χ2v) is 6.24. The molecule has 0 aliphatic rings. The van der Waals surface area contributed by atoms with Gasteiger partial charge < -0.3 is 4.42 Å². The SMILES string of the molecule is Cc1ccnc(-c2ccnc3c2oc2c(C(C)C)cccc23)c1. The molecule has 0 bridgehead atoms. The summed E-state index contributed by atoms with van der Waals surface area (Å²) in [5.74, 6) is 0.403. The number of pyridine rings is 2. The van der Waals surface area contributed by atoms with E-state index in [2.05, 4.69) is 55.0 Å². The van der Waals surface area contributed by atoms with Gasteiger partial charge in [-0.15, -0.1) is 0 Å². The number of aromatic nitrogens is 2. The lowest BCUT2D eigenvalue weighted by Gasteiger charge is -2.04. The van der Waals surface area contributed by atoms with Crippen LogP contribution in [0.5, 0.6) is 0 Å². The van der Waals surface area contributed by atoms with Crippen molar-refractivity contribution >= 4 is 22.1 Å². The summed E-state index contributed by atoms with van der Waals surface area (Å²) < 4.78 is 6.27. The zero-order valence-corrected chi connectivity index (χ0v) is 13.5. The maximum absolute atomic E-state index is 6.27. The largest absolute Gasteiger partial charge is 0.453 e. The lowest BCUT2D eigenvalue weighted by molar-refractivity contribution is 0.657. The molecule has 0 N–H and O–H groups in total. The molecule has 0 radical (unpaired) electrons. The van der Waals surface area contributed by atoms with Gasteiger partial charge in [0, 0.05) is 23.3 Å². The van der Waals surface area contributed by atoms with Gasteiger partial charge in [0.05, 0.1) is 5.69 Å². The van der Waals surface area contributed by atoms with E-state index in [1.807, 2.05) is 24.5 Å². The van der Waals surface area contributed by atoms with Crippen LogP contribution in [-0.4, -0.2) is 9.97 Å². The van der Waals surface area contributed by atoms with Crippen molar-refractivity contribution in [3.63, 3.8) is 0 Å². The minimum atomic E-state index is 0.403. The first kappa shape index (κ1) is 13.9. The minimum absolute atomic E-state index is 0.403. The summed E-state index contributed by atoms with van der Waals surface area (Å²) >= 11 is 0. The zero-order chi connectivity index (χ0) is 16.0. The molecular formula is C20H18N2O. The quantitative estimate of drug-likeness (QED) is 0.492. The highest BCUT2D eigenvalue weighted by atomic mass is 16.3. The van der Waals surface area contributed by atoms with Gasteiger partial charge in [-0.25, -0.2) is 0 Å². The van der Waals surface area contributed by atoms with Gasteiger partial charge in [0.15, 0.2) is 5.58 Å². The van der Waals surface area contributed by atoms with E-state index in [0.29, 0.717) is 5.92 Å². The second-order valence-electron chi connectivity index (χ2n) is 6.24. The molecule has 0 atom stereocenters. The van der Waals surface area contributed by atoms with E-state index >= 15 is 0 Å². The van der Waals surface area contributed by atoms with E-state index in [9.17, 15) is 0 Å². The van der Waals surface area contributed by atoms with Crippen molar-refractivity contribution in [2.24, 2.45) is 0 Å². The predicted molar refractivity (Wildman–Crippen MR) is 93.6 cm³/mol. The fraction of sp³-hybridized carbons (Fsp3) is 0.200. The highest BCUT2D eigenvalue weighted by Gasteiger charge is 2.17. The van der Waals surface area contributed by atoms with Gasteiger partial charge >= 0.3 is 0 Å². The number of fused-ring (bicyclic) bond motifs is 3. The molecule has 3 heteroatoms. The van der Waals surface area contributed by atoms with Crippen LogP contribution in [0.3, 0.4) is 0 Å². The molecule has 4 aromatic rings. The van der Waals surface area contributed by atoms with Crippen molar-refractivity contribution < 1.29 is 4.42 Å². The first-order valence-electron chi connectivity index (χ1n) is 7.88. The van der Waals surface area contributed by atoms with Crippen molar-refractivity contribution in [3.8, 4) is 11.3 Å². The van der Waals surface area contributed by atoms with Crippen LogP contribution in [0.15, 0.2) is 53.2 Å². The topological polar surface area (TPSA) is 38.9 Å². The molecule has 3 nitrogen and oxygen atoms in total. The Balaban J connectivity index is 2.08. The molecule has 114 valence electrons. The van der Waals surface area contributed by atoms with Gasteiger partial charge in [0.1, 0.15) is 11.1 Å². The Labute approximate surface area is 135 Å². The normalized spacial score (nSPS) is 11.7. The van der Waals surface area contributed by atoms with Gasteiger partial charge in [0.2, 0.25) is 0 Å². The lowest BCUT2D eigenvalue weighted by atomic mass is 10.0. The van der Waals surface area contributed by atoms with E-state index in [-0.39, 0.29) is 0 Å². The van der Waals surface area contributed by atoms with Crippen molar-refractivity contribution in [2.45, 2.75) is 26.7 Å². The standard InChI is InChI=1S/C20H18N2O/c1-12(2)14-5-4-6-16-18-20(23-19(14)16)15(8-10-22-18)17-11-13(3)7-9-21-17/h4-12H,1-3H3. The molecule has 1 aromatic carbocycles. The molecule has 3 aromatic heterocycles. The molecule has 0 aliphatic carbocycles. The molecule has 0 saturated carbocycles. The number of hydrogen-bond acceptors (Lipinski definition) is 3. The van der Waals surface area contributed by atoms with E-state index in [1.165, 1.54) is 11.1 Å². The number of aryl methyl sites for hydroxylation is 1. The van der Waals surface area contributed by atoms with E-state index in [1.54, 1.807) is 0 Å². The maximum Gasteiger partial charge on any atom is 0.163 e. The van der Waals surface area contributed by atoms with Crippen molar-refractivity contribution in [3.05, 3.63) is 59.9 Å². The molecular weight excluding hydrogens is 284 g/mol. The summed E-state index contributed by atoms with van der Waals surface area (Å²) in [4.78, 5) is 9.06. The smallest absolute Gasteiger partial charge is 0.163 e.